The molecule has 0 bridgehead atoms. The van der Waals surface area contributed by atoms with Crippen LogP contribution in [0.1, 0.15) is 10.4 Å². The molecule has 0 amide bonds. The first-order chi connectivity index (χ1) is 13.1. The van der Waals surface area contributed by atoms with Gasteiger partial charge in [0.2, 0.25) is 5.16 Å². The molecule has 0 aliphatic rings. The van der Waals surface area contributed by atoms with Gasteiger partial charge in [-0.3, -0.25) is 0 Å². The van der Waals surface area contributed by atoms with Crippen LogP contribution in [-0.2, 0) is 4.74 Å². The second kappa shape index (κ2) is 9.42. The summed E-state index contributed by atoms with van der Waals surface area (Å²) < 4.78 is 6.68. The van der Waals surface area contributed by atoms with E-state index in [4.69, 9.17) is 27.9 Å². The van der Waals surface area contributed by atoms with E-state index in [1.165, 1.54) is 11.8 Å². The zero-order chi connectivity index (χ0) is 19.1. The molecule has 1 heterocycles. The molecule has 6 nitrogen and oxygen atoms in total. The Bertz CT molecular complexity index is 996. The van der Waals surface area contributed by atoms with Gasteiger partial charge in [0.15, 0.2) is 6.61 Å². The van der Waals surface area contributed by atoms with Crippen molar-refractivity contribution in [2.24, 2.45) is 0 Å². The Morgan fingerprint density at radius 1 is 1.11 bits per heavy atom. The van der Waals surface area contributed by atoms with Crippen molar-refractivity contribution in [2.75, 3.05) is 12.4 Å². The summed E-state index contributed by atoms with van der Waals surface area (Å²) in [6.45, 7) is -0.0211. The number of aromatic nitrogens is 4. The normalized spacial score (nSPS) is 10.1. The number of nitrogens with zero attached hydrogens (tertiary/aromatic N) is 4. The average molecular weight is 419 g/mol. The van der Waals surface area contributed by atoms with E-state index in [2.05, 4.69) is 27.4 Å². The summed E-state index contributed by atoms with van der Waals surface area (Å²) in [7, 11) is 0. The second-order valence-electron chi connectivity index (χ2n) is 5.05. The summed E-state index contributed by atoms with van der Waals surface area (Å²) in [6.07, 6.45) is 0. The van der Waals surface area contributed by atoms with Gasteiger partial charge >= 0.3 is 5.97 Å². The average Bonchev–Trinajstić information content (AvgIpc) is 3.14. The van der Waals surface area contributed by atoms with Crippen LogP contribution < -0.4 is 0 Å². The van der Waals surface area contributed by atoms with Crippen LogP contribution in [0, 0.1) is 11.8 Å². The first-order valence-corrected chi connectivity index (χ1v) is 9.44. The molecule has 0 spiro atoms. The van der Waals surface area contributed by atoms with Crippen LogP contribution in [0.5, 0.6) is 0 Å². The maximum atomic E-state index is 11.9. The van der Waals surface area contributed by atoms with Gasteiger partial charge in [0.1, 0.15) is 0 Å². The number of esters is 1. The van der Waals surface area contributed by atoms with Crippen molar-refractivity contribution in [2.45, 2.75) is 5.16 Å². The molecule has 3 rings (SSSR count). The van der Waals surface area contributed by atoms with Gasteiger partial charge in [-0.05, 0) is 46.8 Å². The quantitative estimate of drug-likeness (QED) is 0.355. The number of halogens is 2. The van der Waals surface area contributed by atoms with Gasteiger partial charge in [-0.15, -0.1) is 5.10 Å². The standard InChI is InChI=1S/C18H12Cl2N4O2S/c19-13-7-9-14(10-8-13)24-18(21-22-23-24)27-12-4-3-11-26-17(25)15-5-1-2-6-16(15)20/h1-2,5-10H,11-12H2. The highest BCUT2D eigenvalue weighted by Gasteiger charge is 2.10. The molecular weight excluding hydrogens is 407 g/mol. The molecule has 0 unspecified atom stereocenters. The van der Waals surface area contributed by atoms with Gasteiger partial charge in [0.05, 0.1) is 22.0 Å². The highest BCUT2D eigenvalue weighted by atomic mass is 35.5. The minimum absolute atomic E-state index is 0.0211. The third kappa shape index (κ3) is 5.23. The fourth-order valence-electron chi connectivity index (χ4n) is 2.02. The number of hydrogen-bond donors (Lipinski definition) is 0. The Morgan fingerprint density at radius 2 is 1.89 bits per heavy atom. The van der Waals surface area contributed by atoms with Crippen molar-refractivity contribution in [1.29, 1.82) is 0 Å². The highest BCUT2D eigenvalue weighted by molar-refractivity contribution is 7.99. The van der Waals surface area contributed by atoms with Crippen molar-refractivity contribution in [1.82, 2.24) is 20.2 Å². The topological polar surface area (TPSA) is 69.9 Å². The maximum Gasteiger partial charge on any atom is 0.340 e. The SMILES string of the molecule is O=C(OCC#CCSc1nnnn1-c1ccc(Cl)cc1)c1ccccc1Cl. The predicted molar refractivity (Wildman–Crippen MR) is 104 cm³/mol. The number of ether oxygens (including phenoxy) is 1. The Balaban J connectivity index is 1.50. The highest BCUT2D eigenvalue weighted by Crippen LogP contribution is 2.19. The van der Waals surface area contributed by atoms with Crippen LogP contribution in [0.15, 0.2) is 53.7 Å². The Kier molecular flexibility index (Phi) is 6.71. The first-order valence-electron chi connectivity index (χ1n) is 7.69. The monoisotopic (exact) mass is 418 g/mol. The van der Waals surface area contributed by atoms with Gasteiger partial charge in [0, 0.05) is 5.02 Å². The predicted octanol–water partition coefficient (Wildman–Crippen LogP) is 3.92. The molecule has 0 atom stereocenters. The largest absolute Gasteiger partial charge is 0.449 e. The van der Waals surface area contributed by atoms with Gasteiger partial charge in [-0.2, -0.15) is 4.68 Å². The molecule has 9 heteroatoms. The number of tetrazole rings is 1. The lowest BCUT2D eigenvalue weighted by atomic mass is 10.2. The zero-order valence-electron chi connectivity index (χ0n) is 13.8. The van der Waals surface area contributed by atoms with E-state index in [0.29, 0.717) is 26.5 Å². The smallest absolute Gasteiger partial charge is 0.340 e. The fraction of sp³-hybridized carbons (Fsp3) is 0.111. The molecule has 2 aromatic carbocycles. The minimum Gasteiger partial charge on any atom is -0.449 e. The van der Waals surface area contributed by atoms with E-state index >= 15 is 0 Å². The lowest BCUT2D eigenvalue weighted by molar-refractivity contribution is 0.0557. The van der Waals surface area contributed by atoms with Gasteiger partial charge in [0.25, 0.3) is 0 Å². The van der Waals surface area contributed by atoms with Crippen molar-refractivity contribution in [3.05, 3.63) is 64.1 Å². The van der Waals surface area contributed by atoms with E-state index in [1.54, 1.807) is 41.1 Å². The van der Waals surface area contributed by atoms with E-state index in [9.17, 15) is 4.79 Å². The third-order valence-corrected chi connectivity index (χ3v) is 4.66. The number of benzene rings is 2. The molecule has 0 saturated carbocycles. The molecule has 1 aromatic heterocycles. The number of thioether (sulfide) groups is 1. The molecule has 0 N–H and O–H groups in total. The molecular formula is C18H12Cl2N4O2S. The second-order valence-corrected chi connectivity index (χ2v) is 6.83. The van der Waals surface area contributed by atoms with Crippen LogP contribution in [0.3, 0.4) is 0 Å². The third-order valence-electron chi connectivity index (χ3n) is 3.28. The summed E-state index contributed by atoms with van der Waals surface area (Å²) in [5, 5.41) is 13.2. The van der Waals surface area contributed by atoms with Crippen molar-refractivity contribution in [3.63, 3.8) is 0 Å². The fourth-order valence-corrected chi connectivity index (χ4v) is 3.02. The number of carbonyl (C=O) groups is 1. The van der Waals surface area contributed by atoms with Crippen LogP contribution >= 0.6 is 35.0 Å². The summed E-state index contributed by atoms with van der Waals surface area (Å²) in [5.74, 6) is 5.62. The molecule has 0 radical (unpaired) electrons. The van der Waals surface area contributed by atoms with Crippen LogP contribution in [0.2, 0.25) is 10.0 Å². The molecule has 0 fully saturated rings. The summed E-state index contributed by atoms with van der Waals surface area (Å²) in [6, 6.07) is 13.9. The molecule has 27 heavy (non-hydrogen) atoms. The molecule has 0 saturated heterocycles. The molecule has 136 valence electrons. The van der Waals surface area contributed by atoms with Crippen molar-refractivity contribution >= 4 is 40.9 Å². The Labute approximate surface area is 169 Å². The van der Waals surface area contributed by atoms with Crippen LogP contribution in [0.4, 0.5) is 0 Å². The lowest BCUT2D eigenvalue weighted by Crippen LogP contribution is -2.05. The number of rotatable bonds is 5. The molecule has 3 aromatic rings. The zero-order valence-corrected chi connectivity index (χ0v) is 16.1. The van der Waals surface area contributed by atoms with E-state index in [0.717, 1.165) is 5.69 Å². The summed E-state index contributed by atoms with van der Waals surface area (Å²) in [5.41, 5.74) is 1.12. The minimum atomic E-state index is -0.505. The van der Waals surface area contributed by atoms with Crippen LogP contribution in [-0.4, -0.2) is 38.5 Å². The maximum absolute atomic E-state index is 11.9. The Hall–Kier alpha value is -2.53. The van der Waals surface area contributed by atoms with Crippen LogP contribution in [0.25, 0.3) is 5.69 Å². The molecule has 0 aliphatic carbocycles. The first kappa shape index (κ1) is 19.2. The van der Waals surface area contributed by atoms with Crippen molar-refractivity contribution in [3.8, 4) is 17.5 Å². The molecule has 0 aliphatic heterocycles. The number of carbonyl (C=O) groups excluding carboxylic acids is 1. The number of hydrogen-bond acceptors (Lipinski definition) is 6. The van der Waals surface area contributed by atoms with E-state index < -0.39 is 5.97 Å². The van der Waals surface area contributed by atoms with Crippen molar-refractivity contribution < 1.29 is 9.53 Å². The van der Waals surface area contributed by atoms with E-state index in [-0.39, 0.29) is 6.61 Å². The lowest BCUT2D eigenvalue weighted by Gasteiger charge is -2.03. The van der Waals surface area contributed by atoms with E-state index in [1.807, 2.05) is 12.1 Å². The Morgan fingerprint density at radius 3 is 2.67 bits per heavy atom. The van der Waals surface area contributed by atoms with Gasteiger partial charge < -0.3 is 4.74 Å². The van der Waals surface area contributed by atoms with Gasteiger partial charge in [-0.1, -0.05) is 58.9 Å². The summed E-state index contributed by atoms with van der Waals surface area (Å²) in [4.78, 5) is 11.9. The summed E-state index contributed by atoms with van der Waals surface area (Å²) >= 11 is 13.2. The van der Waals surface area contributed by atoms with Gasteiger partial charge in [-0.25, -0.2) is 4.79 Å².